The van der Waals surface area contributed by atoms with Crippen LogP contribution in [0.15, 0.2) is 53.1 Å². The number of amides is 2. The van der Waals surface area contributed by atoms with Crippen LogP contribution in [0.1, 0.15) is 65.8 Å². The van der Waals surface area contributed by atoms with Crippen LogP contribution in [0.4, 0.5) is 4.39 Å². The van der Waals surface area contributed by atoms with Crippen LogP contribution in [-0.2, 0) is 17.8 Å². The third kappa shape index (κ3) is 5.06. The molecule has 1 atom stereocenters. The topological polar surface area (TPSA) is 84.7 Å². The van der Waals surface area contributed by atoms with Crippen molar-refractivity contribution >= 4 is 11.8 Å². The number of oxazole rings is 1. The number of benzene rings is 2. The van der Waals surface area contributed by atoms with Crippen LogP contribution in [0.25, 0.3) is 0 Å². The lowest BCUT2D eigenvalue weighted by atomic mass is 9.87. The van der Waals surface area contributed by atoms with E-state index in [0.717, 1.165) is 36.0 Å². The van der Waals surface area contributed by atoms with E-state index in [0.29, 0.717) is 18.2 Å². The maximum atomic E-state index is 13.6. The summed E-state index contributed by atoms with van der Waals surface area (Å²) in [6.07, 6.45) is 4.06. The molecule has 1 aliphatic carbocycles. The van der Waals surface area contributed by atoms with Gasteiger partial charge in [-0.1, -0.05) is 32.0 Å². The molecule has 0 bridgehead atoms. The summed E-state index contributed by atoms with van der Waals surface area (Å²) in [6, 6.07) is 12.0. The van der Waals surface area contributed by atoms with E-state index in [1.807, 2.05) is 36.9 Å². The predicted octanol–water partition coefficient (Wildman–Crippen LogP) is 4.42. The summed E-state index contributed by atoms with van der Waals surface area (Å²) in [5.74, 6) is 0.226. The fourth-order valence-corrected chi connectivity index (χ4v) is 4.37. The van der Waals surface area contributed by atoms with Gasteiger partial charge in [0.1, 0.15) is 17.8 Å². The summed E-state index contributed by atoms with van der Waals surface area (Å²) in [6.45, 7) is 4.42. The number of ether oxygens (including phenoxy) is 1. The van der Waals surface area contributed by atoms with Crippen molar-refractivity contribution in [1.82, 2.24) is 15.2 Å². The summed E-state index contributed by atoms with van der Waals surface area (Å²) in [5, 5.41) is 2.88. The largest absolute Gasteiger partial charge is 0.484 e. The van der Waals surface area contributed by atoms with Crippen molar-refractivity contribution in [2.75, 3.05) is 6.54 Å². The second-order valence-electron chi connectivity index (χ2n) is 9.41. The van der Waals surface area contributed by atoms with Crippen molar-refractivity contribution in [3.05, 3.63) is 82.8 Å². The van der Waals surface area contributed by atoms with E-state index in [1.54, 1.807) is 12.1 Å². The summed E-state index contributed by atoms with van der Waals surface area (Å²) in [5.41, 5.74) is 3.15. The number of hydrogen-bond acceptors (Lipinski definition) is 5. The Balaban J connectivity index is 1.37. The van der Waals surface area contributed by atoms with Gasteiger partial charge in [-0.3, -0.25) is 9.59 Å². The van der Waals surface area contributed by atoms with E-state index < -0.39 is 0 Å². The first-order chi connectivity index (χ1) is 16.9. The number of rotatable bonds is 7. The molecule has 2 aliphatic rings. The monoisotopic (exact) mass is 477 g/mol. The lowest BCUT2D eigenvalue weighted by Crippen LogP contribution is -2.42. The predicted molar refractivity (Wildman–Crippen MR) is 126 cm³/mol. The van der Waals surface area contributed by atoms with Gasteiger partial charge in [0, 0.05) is 18.5 Å². The van der Waals surface area contributed by atoms with Crippen molar-refractivity contribution in [2.24, 2.45) is 5.92 Å². The van der Waals surface area contributed by atoms with Crippen molar-refractivity contribution in [3.8, 4) is 5.75 Å². The smallest absolute Gasteiger partial charge is 0.273 e. The molecule has 5 rings (SSSR count). The third-order valence-corrected chi connectivity index (χ3v) is 6.37. The molecule has 0 saturated heterocycles. The Labute approximate surface area is 203 Å². The number of hydrogen-bond donors (Lipinski definition) is 1. The SMILES string of the molecule is CC(C)C(=O)N1CCc2ccc(OCc3nc(C(=O)NC4CC4)co3)cc2C1c1ccc(F)cc1. The van der Waals surface area contributed by atoms with E-state index in [1.165, 1.54) is 18.4 Å². The Kier molecular flexibility index (Phi) is 6.28. The molecule has 0 spiro atoms. The van der Waals surface area contributed by atoms with Crippen LogP contribution in [0, 0.1) is 11.7 Å². The van der Waals surface area contributed by atoms with Gasteiger partial charge in [-0.2, -0.15) is 0 Å². The van der Waals surface area contributed by atoms with Crippen LogP contribution >= 0.6 is 0 Å². The quantitative estimate of drug-likeness (QED) is 0.545. The first kappa shape index (κ1) is 23.1. The number of carbonyl (C=O) groups is 2. The fourth-order valence-electron chi connectivity index (χ4n) is 4.37. The molecule has 1 aromatic heterocycles. The molecule has 7 nitrogen and oxygen atoms in total. The number of halogens is 1. The van der Waals surface area contributed by atoms with Crippen LogP contribution in [0.3, 0.4) is 0 Å². The summed E-state index contributed by atoms with van der Waals surface area (Å²) < 4.78 is 25.0. The number of fused-ring (bicyclic) bond motifs is 1. The minimum atomic E-state index is -0.336. The Bertz CT molecular complexity index is 1230. The Hall–Kier alpha value is -3.68. The fraction of sp³-hybridized carbons (Fsp3) is 0.370. The Morgan fingerprint density at radius 3 is 2.69 bits per heavy atom. The van der Waals surface area contributed by atoms with Gasteiger partial charge in [-0.15, -0.1) is 0 Å². The van der Waals surface area contributed by atoms with Gasteiger partial charge in [0.2, 0.25) is 11.8 Å². The van der Waals surface area contributed by atoms with Crippen LogP contribution in [-0.4, -0.2) is 34.3 Å². The number of nitrogens with zero attached hydrogens (tertiary/aromatic N) is 2. The lowest BCUT2D eigenvalue weighted by molar-refractivity contribution is -0.136. The minimum Gasteiger partial charge on any atom is -0.484 e. The zero-order valence-electron chi connectivity index (χ0n) is 19.8. The van der Waals surface area contributed by atoms with Crippen molar-refractivity contribution in [1.29, 1.82) is 0 Å². The van der Waals surface area contributed by atoms with Gasteiger partial charge in [0.15, 0.2) is 12.3 Å². The number of aromatic nitrogens is 1. The highest BCUT2D eigenvalue weighted by Gasteiger charge is 2.33. The highest BCUT2D eigenvalue weighted by molar-refractivity contribution is 5.92. The minimum absolute atomic E-state index is 0.0492. The Morgan fingerprint density at radius 1 is 1.20 bits per heavy atom. The third-order valence-electron chi connectivity index (χ3n) is 6.37. The molecule has 1 unspecified atom stereocenters. The molecule has 1 fully saturated rings. The number of nitrogens with one attached hydrogen (secondary N) is 1. The normalized spacial score (nSPS) is 17.3. The average Bonchev–Trinajstić information content (AvgIpc) is 3.54. The molecule has 1 saturated carbocycles. The molecule has 182 valence electrons. The van der Waals surface area contributed by atoms with Gasteiger partial charge in [0.25, 0.3) is 5.91 Å². The molecule has 2 heterocycles. The van der Waals surface area contributed by atoms with Gasteiger partial charge < -0.3 is 19.4 Å². The average molecular weight is 478 g/mol. The second-order valence-corrected chi connectivity index (χ2v) is 9.41. The number of carbonyl (C=O) groups excluding carboxylic acids is 2. The molecule has 1 aliphatic heterocycles. The summed E-state index contributed by atoms with van der Waals surface area (Å²) >= 11 is 0. The van der Waals surface area contributed by atoms with Gasteiger partial charge >= 0.3 is 0 Å². The van der Waals surface area contributed by atoms with E-state index >= 15 is 0 Å². The highest BCUT2D eigenvalue weighted by atomic mass is 19.1. The van der Waals surface area contributed by atoms with Crippen molar-refractivity contribution in [3.63, 3.8) is 0 Å². The summed E-state index contributed by atoms with van der Waals surface area (Å²) in [7, 11) is 0. The zero-order valence-corrected chi connectivity index (χ0v) is 19.8. The maximum absolute atomic E-state index is 13.6. The second kappa shape index (κ2) is 9.52. The molecule has 2 aromatic carbocycles. The van der Waals surface area contributed by atoms with Gasteiger partial charge in [-0.05, 0) is 60.2 Å². The highest BCUT2D eigenvalue weighted by Crippen LogP contribution is 2.38. The van der Waals surface area contributed by atoms with Crippen LogP contribution < -0.4 is 10.1 Å². The Morgan fingerprint density at radius 2 is 1.97 bits per heavy atom. The molecule has 35 heavy (non-hydrogen) atoms. The van der Waals surface area contributed by atoms with Gasteiger partial charge in [0.05, 0.1) is 6.04 Å². The molecular weight excluding hydrogens is 449 g/mol. The van der Waals surface area contributed by atoms with Crippen LogP contribution in [0.2, 0.25) is 0 Å². The molecular formula is C27H28FN3O4. The molecule has 2 amide bonds. The molecule has 3 aromatic rings. The van der Waals surface area contributed by atoms with E-state index in [4.69, 9.17) is 9.15 Å². The van der Waals surface area contributed by atoms with Crippen molar-refractivity contribution < 1.29 is 23.1 Å². The molecule has 8 heteroatoms. The summed E-state index contributed by atoms with van der Waals surface area (Å²) in [4.78, 5) is 31.3. The standard InChI is InChI=1S/C27H28FN3O4/c1-16(2)27(33)31-12-11-17-5-10-21(13-22(17)25(31)18-3-6-19(28)7-4-18)34-15-24-30-23(14-35-24)26(32)29-20-8-9-20/h3-7,10,13-14,16,20,25H,8-9,11-12,15H2,1-2H3,(H,29,32). The van der Waals surface area contributed by atoms with E-state index in [2.05, 4.69) is 10.3 Å². The molecule has 0 radical (unpaired) electrons. The zero-order chi connectivity index (χ0) is 24.5. The van der Waals surface area contributed by atoms with Crippen molar-refractivity contribution in [2.45, 2.75) is 51.8 Å². The lowest BCUT2D eigenvalue weighted by Gasteiger charge is -2.39. The first-order valence-electron chi connectivity index (χ1n) is 12.0. The molecule has 1 N–H and O–H groups in total. The van der Waals surface area contributed by atoms with Crippen LogP contribution in [0.5, 0.6) is 5.75 Å². The maximum Gasteiger partial charge on any atom is 0.273 e. The van der Waals surface area contributed by atoms with Gasteiger partial charge in [-0.25, -0.2) is 9.37 Å². The van der Waals surface area contributed by atoms with E-state index in [-0.39, 0.29) is 47.9 Å². The first-order valence-corrected chi connectivity index (χ1v) is 12.0. The van der Waals surface area contributed by atoms with E-state index in [9.17, 15) is 14.0 Å².